The van der Waals surface area contributed by atoms with Gasteiger partial charge in [0.25, 0.3) is 0 Å². The van der Waals surface area contributed by atoms with E-state index in [0.717, 1.165) is 31.5 Å². The van der Waals surface area contributed by atoms with Crippen LogP contribution in [0.2, 0.25) is 0 Å². The molecule has 0 saturated carbocycles. The van der Waals surface area contributed by atoms with E-state index in [2.05, 4.69) is 4.90 Å². The fourth-order valence-corrected chi connectivity index (χ4v) is 3.66. The van der Waals surface area contributed by atoms with E-state index in [-0.39, 0.29) is 24.2 Å². The Morgan fingerprint density at radius 3 is 2.41 bits per heavy atom. The van der Waals surface area contributed by atoms with Crippen LogP contribution in [0.4, 0.5) is 4.39 Å². The molecule has 0 spiro atoms. The minimum absolute atomic E-state index is 0.0304. The first-order valence-corrected chi connectivity index (χ1v) is 9.56. The summed E-state index contributed by atoms with van der Waals surface area (Å²) in [5.41, 5.74) is 1.77. The van der Waals surface area contributed by atoms with Gasteiger partial charge in [-0.2, -0.15) is 0 Å². The van der Waals surface area contributed by atoms with Gasteiger partial charge in [-0.1, -0.05) is 48.5 Å². The van der Waals surface area contributed by atoms with Crippen LogP contribution in [0.15, 0.2) is 54.6 Å². The largest absolute Gasteiger partial charge is 0.395 e. The summed E-state index contributed by atoms with van der Waals surface area (Å²) < 4.78 is 13.8. The number of halogens is 1. The van der Waals surface area contributed by atoms with E-state index in [4.69, 9.17) is 0 Å². The molecule has 2 aromatic rings. The van der Waals surface area contributed by atoms with Gasteiger partial charge in [-0.25, -0.2) is 4.39 Å². The van der Waals surface area contributed by atoms with Crippen LogP contribution in [0, 0.1) is 11.7 Å². The number of likely N-dealkylation sites (tertiary alicyclic amines) is 1. The molecule has 144 valence electrons. The van der Waals surface area contributed by atoms with E-state index in [1.807, 2.05) is 42.5 Å². The molecule has 1 amide bonds. The third-order valence-electron chi connectivity index (χ3n) is 5.19. The van der Waals surface area contributed by atoms with Crippen LogP contribution in [-0.2, 0) is 17.9 Å². The summed E-state index contributed by atoms with van der Waals surface area (Å²) in [5.74, 6) is -0.0942. The Balaban J connectivity index is 1.55. The Bertz CT molecular complexity index is 730. The number of rotatable bonds is 7. The van der Waals surface area contributed by atoms with Crippen molar-refractivity contribution in [1.82, 2.24) is 9.80 Å². The first kappa shape index (κ1) is 19.5. The van der Waals surface area contributed by atoms with Crippen molar-refractivity contribution in [2.45, 2.75) is 25.9 Å². The number of carbonyl (C=O) groups excluding carboxylic acids is 1. The lowest BCUT2D eigenvalue weighted by atomic mass is 9.94. The summed E-state index contributed by atoms with van der Waals surface area (Å²) in [6, 6.07) is 16.7. The van der Waals surface area contributed by atoms with Gasteiger partial charge in [0.15, 0.2) is 0 Å². The highest BCUT2D eigenvalue weighted by Crippen LogP contribution is 2.22. The van der Waals surface area contributed by atoms with Crippen molar-refractivity contribution in [3.63, 3.8) is 0 Å². The maximum absolute atomic E-state index is 13.8. The smallest absolute Gasteiger partial charge is 0.226 e. The van der Waals surface area contributed by atoms with Crippen LogP contribution in [0.3, 0.4) is 0 Å². The molecule has 1 N–H and O–H groups in total. The maximum Gasteiger partial charge on any atom is 0.226 e. The number of amides is 1. The fraction of sp³-hybridized carbons (Fsp3) is 0.409. The van der Waals surface area contributed by atoms with Crippen molar-refractivity contribution in [2.75, 3.05) is 26.2 Å². The van der Waals surface area contributed by atoms with E-state index >= 15 is 0 Å². The number of carbonyl (C=O) groups is 1. The first-order chi connectivity index (χ1) is 13.2. The quantitative estimate of drug-likeness (QED) is 0.815. The van der Waals surface area contributed by atoms with Crippen LogP contribution < -0.4 is 0 Å². The summed E-state index contributed by atoms with van der Waals surface area (Å²) in [4.78, 5) is 16.9. The summed E-state index contributed by atoms with van der Waals surface area (Å²) in [7, 11) is 0. The van der Waals surface area contributed by atoms with Gasteiger partial charge in [-0.3, -0.25) is 9.69 Å². The van der Waals surface area contributed by atoms with Crippen LogP contribution in [-0.4, -0.2) is 47.1 Å². The van der Waals surface area contributed by atoms with E-state index in [9.17, 15) is 14.3 Å². The second-order valence-corrected chi connectivity index (χ2v) is 7.11. The van der Waals surface area contributed by atoms with Crippen LogP contribution >= 0.6 is 0 Å². The molecule has 0 aromatic heterocycles. The Morgan fingerprint density at radius 2 is 1.74 bits per heavy atom. The van der Waals surface area contributed by atoms with Gasteiger partial charge in [-0.15, -0.1) is 0 Å². The van der Waals surface area contributed by atoms with E-state index < -0.39 is 0 Å². The molecule has 0 atom stereocenters. The molecule has 0 unspecified atom stereocenters. The third kappa shape index (κ3) is 5.37. The third-order valence-corrected chi connectivity index (χ3v) is 5.19. The normalized spacial score (nSPS) is 15.6. The number of nitrogens with zero attached hydrogens (tertiary/aromatic N) is 2. The fourth-order valence-electron chi connectivity index (χ4n) is 3.66. The van der Waals surface area contributed by atoms with Crippen LogP contribution in [0.1, 0.15) is 24.0 Å². The minimum atomic E-state index is -0.173. The molecule has 5 heteroatoms. The van der Waals surface area contributed by atoms with Crippen molar-refractivity contribution in [2.24, 2.45) is 5.92 Å². The molecule has 0 bridgehead atoms. The lowest BCUT2D eigenvalue weighted by Crippen LogP contribution is -2.43. The molecule has 1 saturated heterocycles. The number of piperidine rings is 1. The Kier molecular flexibility index (Phi) is 6.96. The molecule has 27 heavy (non-hydrogen) atoms. The van der Waals surface area contributed by atoms with Crippen molar-refractivity contribution in [3.8, 4) is 0 Å². The molecule has 0 radical (unpaired) electrons. The van der Waals surface area contributed by atoms with Crippen molar-refractivity contribution in [3.05, 3.63) is 71.5 Å². The van der Waals surface area contributed by atoms with Crippen molar-refractivity contribution in [1.29, 1.82) is 0 Å². The highest BCUT2D eigenvalue weighted by atomic mass is 19.1. The topological polar surface area (TPSA) is 43.8 Å². The molecule has 2 aromatic carbocycles. The van der Waals surface area contributed by atoms with Crippen LogP contribution in [0.25, 0.3) is 0 Å². The molecule has 3 rings (SSSR count). The van der Waals surface area contributed by atoms with Crippen molar-refractivity contribution < 1.29 is 14.3 Å². The molecule has 1 heterocycles. The first-order valence-electron chi connectivity index (χ1n) is 9.56. The molecular formula is C22H27FN2O2. The van der Waals surface area contributed by atoms with Crippen molar-refractivity contribution >= 4 is 5.91 Å². The average molecular weight is 370 g/mol. The second kappa shape index (κ2) is 9.62. The predicted molar refractivity (Wildman–Crippen MR) is 103 cm³/mol. The molecule has 1 fully saturated rings. The average Bonchev–Trinajstić information content (AvgIpc) is 2.70. The highest BCUT2D eigenvalue weighted by Gasteiger charge is 2.28. The van der Waals surface area contributed by atoms with Crippen LogP contribution in [0.5, 0.6) is 0 Å². The van der Waals surface area contributed by atoms with Gasteiger partial charge in [0.05, 0.1) is 6.61 Å². The highest BCUT2D eigenvalue weighted by molar-refractivity contribution is 5.79. The Morgan fingerprint density at radius 1 is 1.07 bits per heavy atom. The standard InChI is InChI=1S/C22H27FN2O2/c23-21-9-5-4-8-20(21)17-24-12-10-19(11-13-24)22(27)25(14-15-26)16-18-6-2-1-3-7-18/h1-9,19,26H,10-17H2. The SMILES string of the molecule is O=C(C1CCN(Cc2ccccc2F)CC1)N(CCO)Cc1ccccc1. The molecule has 4 nitrogen and oxygen atoms in total. The van der Waals surface area contributed by atoms with E-state index in [0.29, 0.717) is 25.2 Å². The summed E-state index contributed by atoms with van der Waals surface area (Å²) in [6.07, 6.45) is 1.54. The Hall–Kier alpha value is -2.24. The second-order valence-electron chi connectivity index (χ2n) is 7.11. The minimum Gasteiger partial charge on any atom is -0.395 e. The number of aliphatic hydroxyl groups excluding tert-OH is 1. The summed E-state index contributed by atoms with van der Waals surface area (Å²) in [6.45, 7) is 2.98. The summed E-state index contributed by atoms with van der Waals surface area (Å²) in [5, 5.41) is 9.36. The van der Waals surface area contributed by atoms with Gasteiger partial charge >= 0.3 is 0 Å². The maximum atomic E-state index is 13.8. The lowest BCUT2D eigenvalue weighted by Gasteiger charge is -2.34. The van der Waals surface area contributed by atoms with Gasteiger partial charge in [0.1, 0.15) is 5.82 Å². The predicted octanol–water partition coefficient (Wildman–Crippen LogP) is 3.06. The number of benzene rings is 2. The number of hydrogen-bond acceptors (Lipinski definition) is 3. The Labute approximate surface area is 160 Å². The van der Waals surface area contributed by atoms with Gasteiger partial charge < -0.3 is 10.0 Å². The summed E-state index contributed by atoms with van der Waals surface area (Å²) >= 11 is 0. The zero-order valence-electron chi connectivity index (χ0n) is 15.6. The molecule has 1 aliphatic heterocycles. The monoisotopic (exact) mass is 370 g/mol. The van der Waals surface area contributed by atoms with E-state index in [1.54, 1.807) is 11.0 Å². The van der Waals surface area contributed by atoms with Gasteiger partial charge in [-0.05, 0) is 37.6 Å². The molecule has 1 aliphatic rings. The van der Waals surface area contributed by atoms with Gasteiger partial charge in [0.2, 0.25) is 5.91 Å². The van der Waals surface area contributed by atoms with Gasteiger partial charge in [0, 0.05) is 31.1 Å². The number of aliphatic hydroxyl groups is 1. The zero-order chi connectivity index (χ0) is 19.1. The number of hydrogen-bond donors (Lipinski definition) is 1. The zero-order valence-corrected chi connectivity index (χ0v) is 15.6. The molecule has 0 aliphatic carbocycles. The van der Waals surface area contributed by atoms with E-state index in [1.165, 1.54) is 6.07 Å². The molecular weight excluding hydrogens is 343 g/mol. The lowest BCUT2D eigenvalue weighted by molar-refractivity contribution is -0.138.